The third kappa shape index (κ3) is 1.98. The number of anilines is 2. The molecule has 1 aromatic heterocycles. The third-order valence-corrected chi connectivity index (χ3v) is 2.48. The van der Waals surface area contributed by atoms with Gasteiger partial charge in [-0.2, -0.15) is 4.98 Å². The van der Waals surface area contributed by atoms with Gasteiger partial charge in [0.05, 0.1) is 5.92 Å². The zero-order valence-electron chi connectivity index (χ0n) is 8.13. The molecule has 15 heavy (non-hydrogen) atoms. The molecule has 3 N–H and O–H groups in total. The zero-order valence-corrected chi connectivity index (χ0v) is 8.13. The number of carbonyl (C=O) groups is 1. The average molecular weight is 208 g/mol. The third-order valence-electron chi connectivity index (χ3n) is 2.48. The number of hydrogen-bond donors (Lipinski definition) is 2. The van der Waals surface area contributed by atoms with Crippen molar-refractivity contribution in [2.75, 3.05) is 23.7 Å². The topological polar surface area (TPSA) is 92.3 Å². The highest BCUT2D eigenvalue weighted by Gasteiger charge is 2.29. The summed E-state index contributed by atoms with van der Waals surface area (Å²) in [7, 11) is 0. The average Bonchev–Trinajstić information content (AvgIpc) is 2.66. The van der Waals surface area contributed by atoms with E-state index in [9.17, 15) is 4.79 Å². The van der Waals surface area contributed by atoms with Gasteiger partial charge in [-0.05, 0) is 12.5 Å². The van der Waals surface area contributed by atoms with Gasteiger partial charge in [0.15, 0.2) is 0 Å². The van der Waals surface area contributed by atoms with Crippen LogP contribution in [0.1, 0.15) is 6.42 Å². The first kappa shape index (κ1) is 9.70. The molecular formula is C9H12N4O2. The molecule has 0 saturated carbocycles. The highest BCUT2D eigenvalue weighted by molar-refractivity contribution is 5.71. The first-order valence-electron chi connectivity index (χ1n) is 4.73. The molecule has 6 heteroatoms. The normalized spacial score (nSPS) is 20.5. The van der Waals surface area contributed by atoms with Gasteiger partial charge in [-0.3, -0.25) is 4.79 Å². The van der Waals surface area contributed by atoms with Crippen LogP contribution in [0, 0.1) is 5.92 Å². The van der Waals surface area contributed by atoms with E-state index < -0.39 is 5.97 Å². The Morgan fingerprint density at radius 3 is 3.07 bits per heavy atom. The monoisotopic (exact) mass is 208 g/mol. The predicted molar refractivity (Wildman–Crippen MR) is 54.4 cm³/mol. The molecule has 1 aliphatic heterocycles. The molecule has 1 aromatic rings. The Bertz CT molecular complexity index is 382. The smallest absolute Gasteiger partial charge is 0.308 e. The van der Waals surface area contributed by atoms with Gasteiger partial charge < -0.3 is 15.7 Å². The van der Waals surface area contributed by atoms with Crippen LogP contribution >= 0.6 is 0 Å². The number of nitrogens with two attached hydrogens (primary N) is 1. The Morgan fingerprint density at radius 2 is 2.47 bits per heavy atom. The van der Waals surface area contributed by atoms with Crippen molar-refractivity contribution < 1.29 is 9.90 Å². The number of aromatic nitrogens is 2. The van der Waals surface area contributed by atoms with Gasteiger partial charge in [0, 0.05) is 19.3 Å². The first-order chi connectivity index (χ1) is 7.16. The highest BCUT2D eigenvalue weighted by atomic mass is 16.4. The molecule has 6 nitrogen and oxygen atoms in total. The molecule has 2 rings (SSSR count). The van der Waals surface area contributed by atoms with Crippen LogP contribution in [0.5, 0.6) is 0 Å². The van der Waals surface area contributed by atoms with Gasteiger partial charge in [-0.1, -0.05) is 0 Å². The van der Waals surface area contributed by atoms with Crippen molar-refractivity contribution in [3.05, 3.63) is 12.3 Å². The molecule has 1 saturated heterocycles. The SMILES string of the molecule is Nc1ccnc(N2CC[C@H](C(=O)O)C2)n1. The Labute approximate surface area is 86.7 Å². The molecule has 0 spiro atoms. The van der Waals surface area contributed by atoms with E-state index in [1.54, 1.807) is 12.3 Å². The van der Waals surface area contributed by atoms with Crippen LogP contribution < -0.4 is 10.6 Å². The van der Waals surface area contributed by atoms with Crippen molar-refractivity contribution in [3.63, 3.8) is 0 Å². The second kappa shape index (κ2) is 3.72. The fourth-order valence-corrected chi connectivity index (χ4v) is 1.66. The molecule has 0 unspecified atom stereocenters. The van der Waals surface area contributed by atoms with E-state index >= 15 is 0 Å². The standard InChI is InChI=1S/C9H12N4O2/c10-7-1-3-11-9(12-7)13-4-2-6(5-13)8(14)15/h1,3,6H,2,4-5H2,(H,14,15)(H2,10,11,12)/t6-/m0/s1. The molecule has 0 radical (unpaired) electrons. The molecule has 0 aliphatic carbocycles. The van der Waals surface area contributed by atoms with Crippen molar-refractivity contribution in [2.45, 2.75) is 6.42 Å². The summed E-state index contributed by atoms with van der Waals surface area (Å²) in [5.74, 6) is -0.172. The highest BCUT2D eigenvalue weighted by Crippen LogP contribution is 2.20. The number of carboxylic acid groups (broad SMARTS) is 1. The summed E-state index contributed by atoms with van der Waals surface area (Å²) in [6.45, 7) is 1.12. The number of nitrogens with zero attached hydrogens (tertiary/aromatic N) is 3. The first-order valence-corrected chi connectivity index (χ1v) is 4.73. The Hall–Kier alpha value is -1.85. The van der Waals surface area contributed by atoms with Crippen LogP contribution in [0.25, 0.3) is 0 Å². The molecule has 1 aliphatic rings. The van der Waals surface area contributed by atoms with Gasteiger partial charge in [-0.25, -0.2) is 4.98 Å². The van der Waals surface area contributed by atoms with Gasteiger partial charge in [-0.15, -0.1) is 0 Å². The number of carboxylic acids is 1. The lowest BCUT2D eigenvalue weighted by Crippen LogP contribution is -2.24. The summed E-state index contributed by atoms with van der Waals surface area (Å²) in [6, 6.07) is 1.61. The Morgan fingerprint density at radius 1 is 1.67 bits per heavy atom. The largest absolute Gasteiger partial charge is 0.481 e. The summed E-state index contributed by atoms with van der Waals surface area (Å²) in [5, 5.41) is 8.84. The van der Waals surface area contributed by atoms with Gasteiger partial charge in [0.25, 0.3) is 0 Å². The predicted octanol–water partition coefficient (Wildman–Crippen LogP) is -0.0303. The molecule has 80 valence electrons. The van der Waals surface area contributed by atoms with Crippen molar-refractivity contribution >= 4 is 17.7 Å². The summed E-state index contributed by atoms with van der Waals surface area (Å²) in [5.41, 5.74) is 5.53. The molecule has 2 heterocycles. The number of rotatable bonds is 2. The van der Waals surface area contributed by atoms with Crippen LogP contribution in [0.15, 0.2) is 12.3 Å². The Balaban J connectivity index is 2.11. The summed E-state index contributed by atoms with van der Waals surface area (Å²) < 4.78 is 0. The number of nitrogen functional groups attached to an aromatic ring is 1. The maximum atomic E-state index is 10.8. The maximum Gasteiger partial charge on any atom is 0.308 e. The van der Waals surface area contributed by atoms with E-state index in [1.165, 1.54) is 0 Å². The zero-order chi connectivity index (χ0) is 10.8. The molecule has 0 aromatic carbocycles. The molecule has 1 atom stereocenters. The van der Waals surface area contributed by atoms with E-state index in [0.29, 0.717) is 31.3 Å². The van der Waals surface area contributed by atoms with E-state index in [2.05, 4.69) is 9.97 Å². The van der Waals surface area contributed by atoms with Gasteiger partial charge in [0.2, 0.25) is 5.95 Å². The van der Waals surface area contributed by atoms with E-state index in [1.807, 2.05) is 4.90 Å². The minimum Gasteiger partial charge on any atom is -0.481 e. The van der Waals surface area contributed by atoms with Gasteiger partial charge >= 0.3 is 5.97 Å². The van der Waals surface area contributed by atoms with Crippen LogP contribution in [-0.2, 0) is 4.79 Å². The maximum absolute atomic E-state index is 10.8. The number of aliphatic carboxylic acids is 1. The second-order valence-corrected chi connectivity index (χ2v) is 3.55. The summed E-state index contributed by atoms with van der Waals surface area (Å²) in [6.07, 6.45) is 2.21. The second-order valence-electron chi connectivity index (χ2n) is 3.55. The minimum absolute atomic E-state index is 0.324. The van der Waals surface area contributed by atoms with Crippen LogP contribution in [-0.4, -0.2) is 34.1 Å². The lowest BCUT2D eigenvalue weighted by Gasteiger charge is -2.15. The van der Waals surface area contributed by atoms with E-state index in [-0.39, 0.29) is 5.92 Å². The summed E-state index contributed by atoms with van der Waals surface area (Å²) >= 11 is 0. The quantitative estimate of drug-likeness (QED) is 0.709. The van der Waals surface area contributed by atoms with Crippen molar-refractivity contribution in [3.8, 4) is 0 Å². The molecule has 0 bridgehead atoms. The molecular weight excluding hydrogens is 196 g/mol. The van der Waals surface area contributed by atoms with Crippen LogP contribution in [0.4, 0.5) is 11.8 Å². The lowest BCUT2D eigenvalue weighted by molar-refractivity contribution is -0.140. The van der Waals surface area contributed by atoms with E-state index in [0.717, 1.165) is 0 Å². The molecule has 1 fully saturated rings. The van der Waals surface area contributed by atoms with Gasteiger partial charge in [0.1, 0.15) is 5.82 Å². The van der Waals surface area contributed by atoms with Crippen molar-refractivity contribution in [1.82, 2.24) is 9.97 Å². The van der Waals surface area contributed by atoms with E-state index in [4.69, 9.17) is 10.8 Å². The van der Waals surface area contributed by atoms with Crippen LogP contribution in [0.3, 0.4) is 0 Å². The fraction of sp³-hybridized carbons (Fsp3) is 0.444. The fourth-order valence-electron chi connectivity index (χ4n) is 1.66. The lowest BCUT2D eigenvalue weighted by atomic mass is 10.1. The Kier molecular flexibility index (Phi) is 2.40. The minimum atomic E-state index is -0.763. The summed E-state index contributed by atoms with van der Waals surface area (Å²) in [4.78, 5) is 20.7. The molecule has 0 amide bonds. The van der Waals surface area contributed by atoms with Crippen molar-refractivity contribution in [2.24, 2.45) is 5.92 Å². The van der Waals surface area contributed by atoms with Crippen LogP contribution in [0.2, 0.25) is 0 Å². The number of hydrogen-bond acceptors (Lipinski definition) is 5. The van der Waals surface area contributed by atoms with Crippen molar-refractivity contribution in [1.29, 1.82) is 0 Å².